The van der Waals surface area contributed by atoms with Crippen LogP contribution in [0.15, 0.2) is 41.1 Å². The van der Waals surface area contributed by atoms with Gasteiger partial charge in [-0.05, 0) is 16.4 Å². The predicted molar refractivity (Wildman–Crippen MR) is 53.1 cm³/mol. The summed E-state index contributed by atoms with van der Waals surface area (Å²) in [5, 5.41) is 4.24. The highest BCUT2D eigenvalue weighted by Gasteiger charge is 2.14. The van der Waals surface area contributed by atoms with Gasteiger partial charge in [-0.15, -0.1) is 23.5 Å². The Morgan fingerprint density at radius 2 is 1.45 bits per heavy atom. The van der Waals surface area contributed by atoms with Crippen molar-refractivity contribution >= 4 is 23.5 Å². The smallest absolute Gasteiger partial charge is 0.108 e. The molecule has 1 heterocycles. The first kappa shape index (κ1) is 7.32. The Hall–Kier alpha value is -0.340. The topological polar surface area (TPSA) is 0 Å². The zero-order valence-corrected chi connectivity index (χ0v) is 7.49. The summed E-state index contributed by atoms with van der Waals surface area (Å²) in [4.78, 5) is 0. The van der Waals surface area contributed by atoms with Crippen LogP contribution in [-0.4, -0.2) is 0 Å². The predicted octanol–water partition coefficient (Wildman–Crippen LogP) is 3.48. The molecular weight excluding hydrogens is 172 g/mol. The fourth-order valence-electron chi connectivity index (χ4n) is 0.917. The summed E-state index contributed by atoms with van der Waals surface area (Å²) >= 11 is 3.59. The molecule has 0 amide bonds. The van der Waals surface area contributed by atoms with Crippen molar-refractivity contribution in [2.24, 2.45) is 0 Å². The van der Waals surface area contributed by atoms with E-state index in [1.54, 1.807) is 23.5 Å². The molecule has 0 spiro atoms. The van der Waals surface area contributed by atoms with Gasteiger partial charge in [0.25, 0.3) is 0 Å². The van der Waals surface area contributed by atoms with Crippen LogP contribution in [0.2, 0.25) is 0 Å². The largest absolute Gasteiger partial charge is 0.123 e. The van der Waals surface area contributed by atoms with Crippen LogP contribution in [0.4, 0.5) is 0 Å². The van der Waals surface area contributed by atoms with E-state index in [9.17, 15) is 0 Å². The van der Waals surface area contributed by atoms with Crippen molar-refractivity contribution in [2.45, 2.75) is 0 Å². The molecule has 0 saturated carbocycles. The van der Waals surface area contributed by atoms with Crippen molar-refractivity contribution in [3.05, 3.63) is 51.3 Å². The summed E-state index contributed by atoms with van der Waals surface area (Å²) in [6, 6.07) is 10.5. The highest BCUT2D eigenvalue weighted by atomic mass is 32.2. The van der Waals surface area contributed by atoms with E-state index in [1.165, 1.54) is 10.1 Å². The molecule has 0 fully saturated rings. The maximum atomic E-state index is 2.14. The van der Waals surface area contributed by atoms with Crippen LogP contribution < -0.4 is 0 Å². The van der Waals surface area contributed by atoms with Crippen LogP contribution in [-0.2, 0) is 0 Å². The fourth-order valence-corrected chi connectivity index (χ4v) is 2.71. The minimum atomic E-state index is 1.33. The van der Waals surface area contributed by atoms with Crippen molar-refractivity contribution in [1.82, 2.24) is 0 Å². The van der Waals surface area contributed by atoms with Crippen LogP contribution in [0, 0.1) is 4.58 Å². The molecule has 0 saturated heterocycles. The molecule has 2 rings (SSSR count). The zero-order chi connectivity index (χ0) is 7.52. The molecule has 0 unspecified atom stereocenters. The quantitative estimate of drug-likeness (QED) is 0.647. The average molecular weight is 179 g/mol. The van der Waals surface area contributed by atoms with E-state index in [2.05, 4.69) is 35.1 Å². The van der Waals surface area contributed by atoms with Gasteiger partial charge in [0.2, 0.25) is 0 Å². The minimum absolute atomic E-state index is 1.33. The van der Waals surface area contributed by atoms with Crippen molar-refractivity contribution < 1.29 is 0 Å². The standard InChI is InChI=1S/C9H7S2/c1-2-4-8(5-3-1)9-10-6-7-11-9/h1-7H. The highest BCUT2D eigenvalue weighted by Crippen LogP contribution is 2.44. The summed E-state index contributed by atoms with van der Waals surface area (Å²) < 4.78 is 1.38. The van der Waals surface area contributed by atoms with Gasteiger partial charge < -0.3 is 0 Å². The number of hydrogen-bond donors (Lipinski definition) is 0. The van der Waals surface area contributed by atoms with Crippen molar-refractivity contribution in [3.63, 3.8) is 0 Å². The lowest BCUT2D eigenvalue weighted by molar-refractivity contribution is 1.57. The average Bonchev–Trinajstić information content (AvgIpc) is 2.58. The number of thioether (sulfide) groups is 2. The molecule has 1 aliphatic heterocycles. The first-order valence-corrected chi connectivity index (χ1v) is 5.13. The maximum absolute atomic E-state index is 2.14. The number of benzene rings is 1. The van der Waals surface area contributed by atoms with Crippen molar-refractivity contribution in [1.29, 1.82) is 0 Å². The summed E-state index contributed by atoms with van der Waals surface area (Å²) in [6.45, 7) is 0. The molecule has 0 atom stereocenters. The SMILES string of the molecule is C1=CS[C](c2ccccc2)S1. The lowest BCUT2D eigenvalue weighted by atomic mass is 10.2. The molecular formula is C9H7S2. The van der Waals surface area contributed by atoms with Gasteiger partial charge in [0.05, 0.1) is 0 Å². The van der Waals surface area contributed by atoms with Gasteiger partial charge >= 0.3 is 0 Å². The lowest BCUT2D eigenvalue weighted by Crippen LogP contribution is -1.82. The van der Waals surface area contributed by atoms with E-state index in [-0.39, 0.29) is 0 Å². The summed E-state index contributed by atoms with van der Waals surface area (Å²) in [5.74, 6) is 0. The van der Waals surface area contributed by atoms with E-state index in [0.717, 1.165) is 0 Å². The van der Waals surface area contributed by atoms with Crippen molar-refractivity contribution in [2.75, 3.05) is 0 Å². The Balaban J connectivity index is 2.17. The van der Waals surface area contributed by atoms with Crippen LogP contribution in [0.5, 0.6) is 0 Å². The fraction of sp³-hybridized carbons (Fsp3) is 0. The third kappa shape index (κ3) is 1.63. The molecule has 2 heteroatoms. The van der Waals surface area contributed by atoms with Crippen molar-refractivity contribution in [3.8, 4) is 0 Å². The second kappa shape index (κ2) is 3.37. The Kier molecular flexibility index (Phi) is 2.24. The Labute approximate surface area is 75.1 Å². The minimum Gasteiger partial charge on any atom is -0.108 e. The van der Waals surface area contributed by atoms with E-state index in [0.29, 0.717) is 0 Å². The first-order chi connectivity index (χ1) is 5.47. The van der Waals surface area contributed by atoms with Gasteiger partial charge in [-0.3, -0.25) is 0 Å². The van der Waals surface area contributed by atoms with Crippen LogP contribution in [0.25, 0.3) is 0 Å². The zero-order valence-electron chi connectivity index (χ0n) is 5.86. The summed E-state index contributed by atoms with van der Waals surface area (Å²) in [5.41, 5.74) is 1.33. The van der Waals surface area contributed by atoms with E-state index in [1.807, 2.05) is 6.07 Å². The summed E-state index contributed by atoms with van der Waals surface area (Å²) in [6.07, 6.45) is 0. The van der Waals surface area contributed by atoms with Gasteiger partial charge in [-0.1, -0.05) is 30.3 Å². The molecule has 55 valence electrons. The van der Waals surface area contributed by atoms with Crippen LogP contribution in [0.1, 0.15) is 5.56 Å². The second-order valence-corrected chi connectivity index (χ2v) is 4.25. The number of hydrogen-bond acceptors (Lipinski definition) is 2. The molecule has 0 N–H and O–H groups in total. The molecule has 0 nitrogen and oxygen atoms in total. The molecule has 1 aromatic rings. The molecule has 1 radical (unpaired) electrons. The molecule has 0 aliphatic carbocycles. The molecule has 11 heavy (non-hydrogen) atoms. The monoisotopic (exact) mass is 179 g/mol. The van der Waals surface area contributed by atoms with Gasteiger partial charge in [0.1, 0.15) is 4.58 Å². The maximum Gasteiger partial charge on any atom is 0.123 e. The third-order valence-electron chi connectivity index (χ3n) is 1.42. The van der Waals surface area contributed by atoms with E-state index >= 15 is 0 Å². The lowest BCUT2D eigenvalue weighted by Gasteiger charge is -2.04. The van der Waals surface area contributed by atoms with Gasteiger partial charge in [-0.25, -0.2) is 0 Å². The molecule has 0 bridgehead atoms. The first-order valence-electron chi connectivity index (χ1n) is 3.37. The highest BCUT2D eigenvalue weighted by molar-refractivity contribution is 8.26. The van der Waals surface area contributed by atoms with Gasteiger partial charge in [0.15, 0.2) is 0 Å². The van der Waals surface area contributed by atoms with Gasteiger partial charge in [-0.2, -0.15) is 0 Å². The van der Waals surface area contributed by atoms with E-state index < -0.39 is 0 Å². The molecule has 0 aromatic heterocycles. The normalized spacial score (nSPS) is 17.5. The van der Waals surface area contributed by atoms with E-state index in [4.69, 9.17) is 0 Å². The van der Waals surface area contributed by atoms with Gasteiger partial charge in [0, 0.05) is 0 Å². The Bertz CT molecular complexity index is 246. The number of rotatable bonds is 1. The second-order valence-electron chi connectivity index (χ2n) is 2.16. The van der Waals surface area contributed by atoms with Crippen LogP contribution in [0.3, 0.4) is 0 Å². The third-order valence-corrected chi connectivity index (χ3v) is 3.61. The molecule has 1 aromatic carbocycles. The Morgan fingerprint density at radius 1 is 0.818 bits per heavy atom. The van der Waals surface area contributed by atoms with Crippen LogP contribution >= 0.6 is 23.5 Å². The Morgan fingerprint density at radius 3 is 2.09 bits per heavy atom. The molecule has 1 aliphatic rings. The summed E-state index contributed by atoms with van der Waals surface area (Å²) in [7, 11) is 0.